The number of carbonyl (C=O) groups excluding carboxylic acids is 2. The number of nitrogens with one attached hydrogen (secondary N) is 2. The average molecular weight is 345 g/mol. The molecule has 2 amide bonds. The molecule has 1 unspecified atom stereocenters. The number of amides is 2. The van der Waals surface area contributed by atoms with Crippen LogP contribution in [0.4, 0.5) is 11.4 Å². The van der Waals surface area contributed by atoms with Crippen LogP contribution in [-0.2, 0) is 16.0 Å². The predicted molar refractivity (Wildman–Crippen MR) is 93.5 cm³/mol. The van der Waals surface area contributed by atoms with Crippen molar-refractivity contribution in [3.8, 4) is 5.75 Å². The predicted octanol–water partition coefficient (Wildman–Crippen LogP) is 3.49. The van der Waals surface area contributed by atoms with Gasteiger partial charge in [0.2, 0.25) is 5.91 Å². The maximum Gasteiger partial charge on any atom is 0.262 e. The summed E-state index contributed by atoms with van der Waals surface area (Å²) in [4.78, 5) is 23.8. The molecule has 24 heavy (non-hydrogen) atoms. The Bertz CT molecular complexity index is 774. The summed E-state index contributed by atoms with van der Waals surface area (Å²) in [6.45, 7) is 1.81. The molecule has 0 aromatic heterocycles. The summed E-state index contributed by atoms with van der Waals surface area (Å²) < 4.78 is 5.44. The number of carbonyl (C=O) groups is 2. The van der Waals surface area contributed by atoms with Gasteiger partial charge in [0.05, 0.1) is 11.4 Å². The van der Waals surface area contributed by atoms with Gasteiger partial charge in [-0.25, -0.2) is 0 Å². The smallest absolute Gasteiger partial charge is 0.262 e. The highest BCUT2D eigenvalue weighted by molar-refractivity contribution is 6.30. The summed E-state index contributed by atoms with van der Waals surface area (Å²) in [7, 11) is 0. The summed E-state index contributed by atoms with van der Waals surface area (Å²) in [5.74, 6) is -0.0507. The van der Waals surface area contributed by atoms with Crippen LogP contribution in [0.1, 0.15) is 12.5 Å². The Balaban J connectivity index is 1.69. The topological polar surface area (TPSA) is 67.4 Å². The van der Waals surface area contributed by atoms with Crippen molar-refractivity contribution in [1.29, 1.82) is 0 Å². The average Bonchev–Trinajstić information content (AvgIpc) is 2.56. The number of fused-ring (bicyclic) bond motifs is 1. The summed E-state index contributed by atoms with van der Waals surface area (Å²) in [5.41, 5.74) is 2.16. The lowest BCUT2D eigenvalue weighted by Crippen LogP contribution is -2.27. The van der Waals surface area contributed by atoms with E-state index in [2.05, 4.69) is 10.6 Å². The molecule has 0 saturated carbocycles. The van der Waals surface area contributed by atoms with Crippen molar-refractivity contribution >= 4 is 34.8 Å². The Morgan fingerprint density at radius 1 is 1.29 bits per heavy atom. The van der Waals surface area contributed by atoms with Crippen molar-refractivity contribution in [2.75, 3.05) is 17.2 Å². The lowest BCUT2D eigenvalue weighted by molar-refractivity contribution is -0.119. The molecule has 2 aromatic rings. The first-order valence-electron chi connectivity index (χ1n) is 7.64. The van der Waals surface area contributed by atoms with E-state index in [-0.39, 0.29) is 24.3 Å². The SMILES string of the molecule is CC(Cc1ccc(Cl)cc1)C(=O)Nc1cccc2c1OCC(=O)N2. The molecule has 0 aliphatic carbocycles. The third-order valence-corrected chi connectivity index (χ3v) is 4.05. The molecule has 0 saturated heterocycles. The molecular formula is C18H17ClN2O3. The van der Waals surface area contributed by atoms with Crippen molar-refractivity contribution < 1.29 is 14.3 Å². The van der Waals surface area contributed by atoms with Crippen molar-refractivity contribution in [3.63, 3.8) is 0 Å². The fourth-order valence-corrected chi connectivity index (χ4v) is 2.66. The number of rotatable bonds is 4. The minimum absolute atomic E-state index is 0.0553. The van der Waals surface area contributed by atoms with Gasteiger partial charge >= 0.3 is 0 Å². The molecule has 0 bridgehead atoms. The normalized spacial score (nSPS) is 14.2. The molecule has 1 atom stereocenters. The standard InChI is InChI=1S/C18H17ClN2O3/c1-11(9-12-5-7-13(19)8-6-12)18(23)21-15-4-2-3-14-17(15)24-10-16(22)20-14/h2-8,11H,9-10H2,1H3,(H,20,22)(H,21,23). The minimum Gasteiger partial charge on any atom is -0.479 e. The number of hydrogen-bond donors (Lipinski definition) is 2. The fraction of sp³-hybridized carbons (Fsp3) is 0.222. The van der Waals surface area contributed by atoms with Gasteiger partial charge in [-0.15, -0.1) is 0 Å². The zero-order chi connectivity index (χ0) is 17.1. The van der Waals surface area contributed by atoms with Gasteiger partial charge < -0.3 is 15.4 Å². The molecule has 124 valence electrons. The van der Waals surface area contributed by atoms with E-state index in [9.17, 15) is 9.59 Å². The number of halogens is 1. The van der Waals surface area contributed by atoms with E-state index in [1.807, 2.05) is 31.2 Å². The molecule has 0 radical (unpaired) electrons. The van der Waals surface area contributed by atoms with Crippen molar-refractivity contribution in [2.24, 2.45) is 5.92 Å². The van der Waals surface area contributed by atoms with Crippen molar-refractivity contribution in [1.82, 2.24) is 0 Å². The quantitative estimate of drug-likeness (QED) is 0.892. The highest BCUT2D eigenvalue weighted by atomic mass is 35.5. The van der Waals surface area contributed by atoms with E-state index in [1.165, 1.54) is 0 Å². The highest BCUT2D eigenvalue weighted by Gasteiger charge is 2.21. The van der Waals surface area contributed by atoms with E-state index in [1.54, 1.807) is 18.2 Å². The second kappa shape index (κ2) is 6.93. The molecule has 1 heterocycles. The van der Waals surface area contributed by atoms with Crippen LogP contribution in [0.25, 0.3) is 0 Å². The third-order valence-electron chi connectivity index (χ3n) is 3.80. The Morgan fingerprint density at radius 3 is 2.79 bits per heavy atom. The van der Waals surface area contributed by atoms with Crippen LogP contribution in [0.5, 0.6) is 5.75 Å². The lowest BCUT2D eigenvalue weighted by atomic mass is 10.0. The fourth-order valence-electron chi connectivity index (χ4n) is 2.54. The molecule has 2 aromatic carbocycles. The molecule has 5 nitrogen and oxygen atoms in total. The molecule has 0 spiro atoms. The second-order valence-corrected chi connectivity index (χ2v) is 6.18. The number of para-hydroxylation sites is 1. The van der Waals surface area contributed by atoms with Gasteiger partial charge in [0.1, 0.15) is 0 Å². The number of anilines is 2. The first-order chi connectivity index (χ1) is 11.5. The minimum atomic E-state index is -0.222. The van der Waals surface area contributed by atoms with E-state index >= 15 is 0 Å². The van der Waals surface area contributed by atoms with Crippen LogP contribution >= 0.6 is 11.6 Å². The third kappa shape index (κ3) is 3.68. The summed E-state index contributed by atoms with van der Waals surface area (Å²) in [6.07, 6.45) is 0.607. The van der Waals surface area contributed by atoms with Gasteiger partial charge in [0.15, 0.2) is 12.4 Å². The second-order valence-electron chi connectivity index (χ2n) is 5.74. The largest absolute Gasteiger partial charge is 0.479 e. The Morgan fingerprint density at radius 2 is 2.04 bits per heavy atom. The van der Waals surface area contributed by atoms with Gasteiger partial charge in [0, 0.05) is 10.9 Å². The highest BCUT2D eigenvalue weighted by Crippen LogP contribution is 2.35. The van der Waals surface area contributed by atoms with E-state index in [0.29, 0.717) is 28.6 Å². The van der Waals surface area contributed by atoms with Gasteiger partial charge in [-0.05, 0) is 36.2 Å². The maximum atomic E-state index is 12.5. The number of benzene rings is 2. The maximum absolute atomic E-state index is 12.5. The van der Waals surface area contributed by atoms with Gasteiger partial charge in [-0.1, -0.05) is 36.7 Å². The molecule has 2 N–H and O–H groups in total. The lowest BCUT2D eigenvalue weighted by Gasteiger charge is -2.21. The summed E-state index contributed by atoms with van der Waals surface area (Å²) in [5, 5.41) is 6.27. The molecule has 1 aliphatic heterocycles. The molecular weight excluding hydrogens is 328 g/mol. The van der Waals surface area contributed by atoms with E-state index in [0.717, 1.165) is 5.56 Å². The van der Waals surface area contributed by atoms with Gasteiger partial charge in [-0.3, -0.25) is 9.59 Å². The number of hydrogen-bond acceptors (Lipinski definition) is 3. The van der Waals surface area contributed by atoms with Crippen LogP contribution in [0.3, 0.4) is 0 Å². The van der Waals surface area contributed by atoms with E-state index < -0.39 is 0 Å². The van der Waals surface area contributed by atoms with Crippen LogP contribution < -0.4 is 15.4 Å². The van der Waals surface area contributed by atoms with Crippen LogP contribution in [0.2, 0.25) is 5.02 Å². The summed E-state index contributed by atoms with van der Waals surface area (Å²) >= 11 is 5.87. The van der Waals surface area contributed by atoms with Crippen LogP contribution in [-0.4, -0.2) is 18.4 Å². The zero-order valence-corrected chi connectivity index (χ0v) is 13.9. The Hall–Kier alpha value is -2.53. The number of ether oxygens (including phenoxy) is 1. The van der Waals surface area contributed by atoms with Crippen LogP contribution in [0.15, 0.2) is 42.5 Å². The zero-order valence-electron chi connectivity index (χ0n) is 13.1. The van der Waals surface area contributed by atoms with Crippen LogP contribution in [0, 0.1) is 5.92 Å². The Kier molecular flexibility index (Phi) is 4.71. The molecule has 6 heteroatoms. The van der Waals surface area contributed by atoms with Gasteiger partial charge in [0.25, 0.3) is 5.91 Å². The first-order valence-corrected chi connectivity index (χ1v) is 8.01. The molecule has 0 fully saturated rings. The molecule has 1 aliphatic rings. The van der Waals surface area contributed by atoms with E-state index in [4.69, 9.17) is 16.3 Å². The van der Waals surface area contributed by atoms with Crippen molar-refractivity contribution in [3.05, 3.63) is 53.1 Å². The van der Waals surface area contributed by atoms with Crippen molar-refractivity contribution in [2.45, 2.75) is 13.3 Å². The monoisotopic (exact) mass is 344 g/mol. The Labute approximate surface area is 145 Å². The molecule has 3 rings (SSSR count). The summed E-state index contributed by atoms with van der Waals surface area (Å²) in [6, 6.07) is 12.7. The first kappa shape index (κ1) is 16.3. The van der Waals surface area contributed by atoms with Gasteiger partial charge in [-0.2, -0.15) is 0 Å².